The Labute approximate surface area is 129 Å². The molecule has 2 heterocycles. The van der Waals surface area contributed by atoms with Crippen molar-refractivity contribution in [2.24, 2.45) is 11.7 Å². The fraction of sp³-hybridized carbons (Fsp3) is 0.625. The average Bonchev–Trinajstić information content (AvgIpc) is 3.01. The first-order valence-corrected chi connectivity index (χ1v) is 8.00. The number of nitrogens with one attached hydrogen (secondary N) is 2. The molecule has 0 aromatic carbocycles. The van der Waals surface area contributed by atoms with Crippen LogP contribution in [-0.2, 0) is 28.9 Å². The molecule has 0 saturated carbocycles. The third-order valence-electron chi connectivity index (χ3n) is 4.58. The largest absolute Gasteiger partial charge is 0.376 e. The van der Waals surface area contributed by atoms with Crippen LogP contribution in [0.15, 0.2) is 10.9 Å². The smallest absolute Gasteiger partial charge is 0.253 e. The average molecular weight is 305 g/mol. The third-order valence-corrected chi connectivity index (χ3v) is 4.58. The van der Waals surface area contributed by atoms with Crippen molar-refractivity contribution in [3.05, 3.63) is 33.2 Å². The first-order chi connectivity index (χ1) is 10.7. The van der Waals surface area contributed by atoms with Crippen LogP contribution < -0.4 is 16.6 Å². The maximum atomic E-state index is 12.1. The van der Waals surface area contributed by atoms with Crippen LogP contribution in [0, 0.1) is 5.92 Å². The van der Waals surface area contributed by atoms with E-state index in [1.165, 1.54) is 5.56 Å². The minimum Gasteiger partial charge on any atom is -0.376 e. The van der Waals surface area contributed by atoms with Gasteiger partial charge >= 0.3 is 0 Å². The number of amides is 1. The number of carbonyl (C=O) groups is 1. The molecule has 1 aliphatic heterocycles. The first-order valence-electron chi connectivity index (χ1n) is 8.00. The van der Waals surface area contributed by atoms with E-state index in [1.807, 2.05) is 6.07 Å². The van der Waals surface area contributed by atoms with E-state index in [0.29, 0.717) is 25.1 Å². The van der Waals surface area contributed by atoms with Gasteiger partial charge in [-0.3, -0.25) is 9.59 Å². The zero-order valence-corrected chi connectivity index (χ0v) is 12.7. The van der Waals surface area contributed by atoms with E-state index in [-0.39, 0.29) is 30.0 Å². The number of aromatic nitrogens is 1. The summed E-state index contributed by atoms with van der Waals surface area (Å²) in [6.07, 6.45) is 4.86. The minimum atomic E-state index is -0.162. The quantitative estimate of drug-likeness (QED) is 0.742. The summed E-state index contributed by atoms with van der Waals surface area (Å²) in [7, 11) is 0. The highest BCUT2D eigenvalue weighted by Crippen LogP contribution is 2.20. The Bertz CT molecular complexity index is 611. The summed E-state index contributed by atoms with van der Waals surface area (Å²) in [5.74, 6) is -0.224. The zero-order chi connectivity index (χ0) is 15.5. The maximum Gasteiger partial charge on any atom is 0.253 e. The zero-order valence-electron chi connectivity index (χ0n) is 12.7. The molecule has 1 amide bonds. The van der Waals surface area contributed by atoms with Gasteiger partial charge in [-0.2, -0.15) is 0 Å². The molecule has 6 heteroatoms. The number of aromatic amines is 1. The van der Waals surface area contributed by atoms with Gasteiger partial charge in [0, 0.05) is 24.3 Å². The van der Waals surface area contributed by atoms with E-state index in [4.69, 9.17) is 10.5 Å². The Balaban J connectivity index is 1.62. The molecule has 1 saturated heterocycles. The molecule has 1 aromatic rings. The van der Waals surface area contributed by atoms with Crippen molar-refractivity contribution in [2.75, 3.05) is 13.2 Å². The van der Waals surface area contributed by atoms with Crippen molar-refractivity contribution in [2.45, 2.75) is 44.8 Å². The SMILES string of the molecule is NCC1CC(C(=O)NCc2cc3c([nH]c2=O)CCCC3)CO1. The number of hydrogen-bond donors (Lipinski definition) is 3. The molecule has 2 unspecified atom stereocenters. The van der Waals surface area contributed by atoms with Gasteiger partial charge in [-0.25, -0.2) is 0 Å². The van der Waals surface area contributed by atoms with E-state index < -0.39 is 0 Å². The highest BCUT2D eigenvalue weighted by atomic mass is 16.5. The standard InChI is InChI=1S/C16H23N3O3/c17-7-13-6-12(9-22-13)15(20)18-8-11-5-10-3-1-2-4-14(10)19-16(11)21/h5,12-13H,1-4,6-9,17H2,(H,18,20)(H,19,21). The second-order valence-electron chi connectivity index (χ2n) is 6.18. The summed E-state index contributed by atoms with van der Waals surface area (Å²) in [5.41, 5.74) is 8.35. The van der Waals surface area contributed by atoms with Crippen molar-refractivity contribution in [1.82, 2.24) is 10.3 Å². The lowest BCUT2D eigenvalue weighted by atomic mass is 9.95. The minimum absolute atomic E-state index is 0.0251. The van der Waals surface area contributed by atoms with Gasteiger partial charge in [-0.15, -0.1) is 0 Å². The Morgan fingerprint density at radius 2 is 2.23 bits per heavy atom. The summed E-state index contributed by atoms with van der Waals surface area (Å²) in [4.78, 5) is 27.2. The number of fused-ring (bicyclic) bond motifs is 1. The van der Waals surface area contributed by atoms with Crippen molar-refractivity contribution in [3.63, 3.8) is 0 Å². The molecule has 0 spiro atoms. The van der Waals surface area contributed by atoms with Crippen LogP contribution in [-0.4, -0.2) is 30.1 Å². The molecule has 2 aliphatic rings. The highest BCUT2D eigenvalue weighted by molar-refractivity contribution is 5.79. The lowest BCUT2D eigenvalue weighted by molar-refractivity contribution is -0.125. The molecular weight excluding hydrogens is 282 g/mol. The Kier molecular flexibility index (Phi) is 4.59. The van der Waals surface area contributed by atoms with Crippen LogP contribution in [0.4, 0.5) is 0 Å². The lowest BCUT2D eigenvalue weighted by Crippen LogP contribution is -2.33. The molecule has 1 aliphatic carbocycles. The van der Waals surface area contributed by atoms with Crippen LogP contribution in [0.2, 0.25) is 0 Å². The number of ether oxygens (including phenoxy) is 1. The van der Waals surface area contributed by atoms with Crippen molar-refractivity contribution in [3.8, 4) is 0 Å². The molecule has 0 radical (unpaired) electrons. The summed E-state index contributed by atoms with van der Waals surface area (Å²) >= 11 is 0. The molecule has 6 nitrogen and oxygen atoms in total. The van der Waals surface area contributed by atoms with Crippen molar-refractivity contribution < 1.29 is 9.53 Å². The van der Waals surface area contributed by atoms with E-state index in [0.717, 1.165) is 31.4 Å². The topological polar surface area (TPSA) is 97.2 Å². The number of H-pyrrole nitrogens is 1. The second-order valence-corrected chi connectivity index (χ2v) is 6.18. The first kappa shape index (κ1) is 15.2. The molecule has 1 fully saturated rings. The summed E-state index contributed by atoms with van der Waals surface area (Å²) in [6.45, 7) is 1.12. The number of aryl methyl sites for hydroxylation is 2. The summed E-state index contributed by atoms with van der Waals surface area (Å²) in [6, 6.07) is 1.95. The van der Waals surface area contributed by atoms with Gasteiger partial charge in [0.25, 0.3) is 5.56 Å². The second kappa shape index (κ2) is 6.62. The molecular formula is C16H23N3O3. The van der Waals surface area contributed by atoms with Gasteiger partial charge in [0.1, 0.15) is 0 Å². The highest BCUT2D eigenvalue weighted by Gasteiger charge is 2.29. The van der Waals surface area contributed by atoms with Gasteiger partial charge in [-0.05, 0) is 43.7 Å². The number of carbonyl (C=O) groups excluding carboxylic acids is 1. The molecule has 2 atom stereocenters. The van der Waals surface area contributed by atoms with E-state index >= 15 is 0 Å². The summed E-state index contributed by atoms with van der Waals surface area (Å²) < 4.78 is 5.43. The molecule has 3 rings (SSSR count). The van der Waals surface area contributed by atoms with Crippen LogP contribution in [0.25, 0.3) is 0 Å². The predicted molar refractivity (Wildman–Crippen MR) is 82.5 cm³/mol. The third kappa shape index (κ3) is 3.23. The normalized spacial score (nSPS) is 24.0. The Hall–Kier alpha value is -1.66. The van der Waals surface area contributed by atoms with Gasteiger partial charge < -0.3 is 20.8 Å². The van der Waals surface area contributed by atoms with E-state index in [1.54, 1.807) is 0 Å². The maximum absolute atomic E-state index is 12.1. The molecule has 4 N–H and O–H groups in total. The Morgan fingerprint density at radius 1 is 1.41 bits per heavy atom. The molecule has 22 heavy (non-hydrogen) atoms. The van der Waals surface area contributed by atoms with E-state index in [2.05, 4.69) is 10.3 Å². The lowest BCUT2D eigenvalue weighted by Gasteiger charge is -2.16. The van der Waals surface area contributed by atoms with Gasteiger partial charge in [0.2, 0.25) is 5.91 Å². The van der Waals surface area contributed by atoms with Crippen molar-refractivity contribution >= 4 is 5.91 Å². The van der Waals surface area contributed by atoms with Gasteiger partial charge in [0.05, 0.1) is 18.6 Å². The molecule has 1 aromatic heterocycles. The van der Waals surface area contributed by atoms with Crippen LogP contribution >= 0.6 is 0 Å². The number of hydrogen-bond acceptors (Lipinski definition) is 4. The van der Waals surface area contributed by atoms with Crippen LogP contribution in [0.5, 0.6) is 0 Å². The van der Waals surface area contributed by atoms with E-state index in [9.17, 15) is 9.59 Å². The monoisotopic (exact) mass is 305 g/mol. The predicted octanol–water partition coefficient (Wildman–Crippen LogP) is 0.234. The Morgan fingerprint density at radius 3 is 3.00 bits per heavy atom. The number of rotatable bonds is 4. The molecule has 120 valence electrons. The number of nitrogens with two attached hydrogens (primary N) is 1. The fourth-order valence-electron chi connectivity index (χ4n) is 3.23. The summed E-state index contributed by atoms with van der Waals surface area (Å²) in [5, 5.41) is 2.85. The van der Waals surface area contributed by atoms with Gasteiger partial charge in [0.15, 0.2) is 0 Å². The van der Waals surface area contributed by atoms with Crippen molar-refractivity contribution in [1.29, 1.82) is 0 Å². The fourth-order valence-corrected chi connectivity index (χ4v) is 3.23. The molecule has 0 bridgehead atoms. The van der Waals surface area contributed by atoms with Crippen LogP contribution in [0.3, 0.4) is 0 Å². The van der Waals surface area contributed by atoms with Crippen LogP contribution in [0.1, 0.15) is 36.1 Å². The van der Waals surface area contributed by atoms with Gasteiger partial charge in [-0.1, -0.05) is 0 Å². The number of pyridine rings is 1.